The molecule has 0 aliphatic heterocycles. The number of aromatic nitrogens is 1. The topological polar surface area (TPSA) is 144 Å². The molecule has 0 unspecified atom stereocenters. The van der Waals surface area contributed by atoms with E-state index in [-0.39, 0.29) is 29.6 Å². The quantitative estimate of drug-likeness (QED) is 0.291. The van der Waals surface area contributed by atoms with E-state index < -0.39 is 23.5 Å². The average Bonchev–Trinajstić information content (AvgIpc) is 3.44. The van der Waals surface area contributed by atoms with Crippen LogP contribution in [0.5, 0.6) is 5.75 Å². The lowest BCUT2D eigenvalue weighted by Crippen LogP contribution is -2.53. The van der Waals surface area contributed by atoms with E-state index in [0.29, 0.717) is 28.7 Å². The maximum Gasteiger partial charge on any atom is 0.326 e. The molecule has 0 saturated heterocycles. The lowest BCUT2D eigenvalue weighted by molar-refractivity contribution is -0.142. The largest absolute Gasteiger partial charge is 0.508 e. The second kappa shape index (κ2) is 10.4. The molecule has 1 amide bonds. The number of fused-ring (bicyclic) bond motifs is 6. The average molecular weight is 578 g/mol. The number of aromatic amines is 1. The molecule has 1 aromatic carbocycles. The summed E-state index contributed by atoms with van der Waals surface area (Å²) in [6.45, 7) is 6.41. The molecule has 1 aromatic heterocycles. The van der Waals surface area contributed by atoms with Gasteiger partial charge in [-0.2, -0.15) is 0 Å². The Hall–Kier alpha value is -3.33. The van der Waals surface area contributed by atoms with Crippen molar-refractivity contribution in [1.29, 1.82) is 0 Å². The van der Waals surface area contributed by atoms with E-state index in [0.717, 1.165) is 62.6 Å². The van der Waals surface area contributed by atoms with Gasteiger partial charge in [-0.3, -0.25) is 4.79 Å². The van der Waals surface area contributed by atoms with Gasteiger partial charge in [0.2, 0.25) is 0 Å². The first-order valence-corrected chi connectivity index (χ1v) is 15.3. The summed E-state index contributed by atoms with van der Waals surface area (Å²) in [5.74, 6) is 0.227. The second-order valence-corrected chi connectivity index (χ2v) is 13.8. The van der Waals surface area contributed by atoms with Gasteiger partial charge in [-0.05, 0) is 117 Å². The number of benzene rings is 1. The number of H-pyrrole nitrogens is 1. The van der Waals surface area contributed by atoms with Crippen LogP contribution in [0.4, 0.5) is 0 Å². The Balaban J connectivity index is 1.07. The van der Waals surface area contributed by atoms with Gasteiger partial charge in [0.15, 0.2) is 6.61 Å². The molecule has 9 heteroatoms. The molecule has 7 atom stereocenters. The lowest BCUT2D eigenvalue weighted by atomic mass is 9.46. The number of allylic oxidation sites excluding steroid dienone is 2. The van der Waals surface area contributed by atoms with Crippen LogP contribution < -0.4 is 5.32 Å². The molecule has 3 saturated carbocycles. The summed E-state index contributed by atoms with van der Waals surface area (Å²) in [6.07, 6.45) is 12.1. The van der Waals surface area contributed by atoms with Crippen molar-refractivity contribution in [3.8, 4) is 5.75 Å². The van der Waals surface area contributed by atoms with E-state index in [1.165, 1.54) is 5.57 Å². The van der Waals surface area contributed by atoms with Crippen LogP contribution in [0.3, 0.4) is 0 Å². The van der Waals surface area contributed by atoms with Crippen molar-refractivity contribution in [2.75, 3.05) is 6.61 Å². The molecule has 3 fully saturated rings. The van der Waals surface area contributed by atoms with Gasteiger partial charge in [0, 0.05) is 23.5 Å². The monoisotopic (exact) mass is 577 g/mol. The van der Waals surface area contributed by atoms with Crippen molar-refractivity contribution in [3.63, 3.8) is 0 Å². The summed E-state index contributed by atoms with van der Waals surface area (Å²) < 4.78 is 0. The highest BCUT2D eigenvalue weighted by molar-refractivity contribution is 5.96. The van der Waals surface area contributed by atoms with E-state index in [1.54, 1.807) is 24.4 Å². The molecule has 0 spiro atoms. The fourth-order valence-electron chi connectivity index (χ4n) is 9.05. The van der Waals surface area contributed by atoms with Gasteiger partial charge in [-0.15, -0.1) is 0 Å². The summed E-state index contributed by atoms with van der Waals surface area (Å²) in [7, 11) is 0. The third kappa shape index (κ3) is 4.79. The third-order valence-electron chi connectivity index (χ3n) is 11.7. The van der Waals surface area contributed by atoms with Crippen LogP contribution in [-0.2, 0) is 20.8 Å². The van der Waals surface area contributed by atoms with E-state index >= 15 is 0 Å². The minimum absolute atomic E-state index is 0.0134. The molecule has 0 radical (unpaired) electrons. The van der Waals surface area contributed by atoms with Crippen LogP contribution in [0.15, 0.2) is 41.2 Å². The van der Waals surface area contributed by atoms with Crippen LogP contribution in [0.1, 0.15) is 77.7 Å². The van der Waals surface area contributed by atoms with E-state index in [1.807, 2.05) is 6.92 Å². The van der Waals surface area contributed by atoms with Crippen molar-refractivity contribution in [1.82, 2.24) is 10.3 Å². The van der Waals surface area contributed by atoms with Crippen LogP contribution in [0.25, 0.3) is 10.9 Å². The zero-order valence-corrected chi connectivity index (χ0v) is 24.8. The Labute approximate surface area is 246 Å². The SMILES string of the molecule is C[C@]12CCC(=NOCC(=O)N[C@H](Cc3c[nH]c4ccc(O)cc34)C(=O)O)C=C1CC[C@H]1[C@H]3CC[C@](C)(O)[C@@]3(C)CC[C@@H]12. The van der Waals surface area contributed by atoms with Gasteiger partial charge in [-0.25, -0.2) is 4.79 Å². The Morgan fingerprint density at radius 1 is 1.12 bits per heavy atom. The maximum absolute atomic E-state index is 12.6. The molecular formula is C33H43N3O6. The van der Waals surface area contributed by atoms with E-state index in [9.17, 15) is 24.9 Å². The van der Waals surface area contributed by atoms with Crippen molar-refractivity contribution >= 4 is 28.5 Å². The van der Waals surface area contributed by atoms with Gasteiger partial charge >= 0.3 is 5.97 Å². The fourth-order valence-corrected chi connectivity index (χ4v) is 9.05. The Kier molecular flexibility index (Phi) is 7.15. The van der Waals surface area contributed by atoms with Crippen LogP contribution in [0, 0.1) is 28.6 Å². The standard InChI is InChI=1S/C33H43N3O6/c1-31-11-8-21(15-20(31)4-6-23-25(31)9-12-32(2)26(23)10-13-33(32,3)41)36-42-18-29(38)35-28(30(39)40)14-19-17-34-27-7-5-22(37)16-24(19)27/h5,7,15-17,23,25-26,28,34,37,41H,4,6,8-14,18H2,1-3H3,(H,35,38)(H,39,40)/t23-,25+,26-,28-,31+,32+,33+/m1/s1. The number of oxime groups is 1. The number of amides is 1. The van der Waals surface area contributed by atoms with Crippen molar-refractivity contribution in [3.05, 3.63) is 41.6 Å². The van der Waals surface area contributed by atoms with Gasteiger partial charge in [-0.1, -0.05) is 24.6 Å². The maximum atomic E-state index is 12.6. The number of carboxylic acid groups (broad SMARTS) is 1. The zero-order chi connectivity index (χ0) is 29.9. The number of nitrogens with zero attached hydrogens (tertiary/aromatic N) is 1. The number of nitrogens with one attached hydrogen (secondary N) is 2. The number of carbonyl (C=O) groups excluding carboxylic acids is 1. The second-order valence-electron chi connectivity index (χ2n) is 13.8. The number of hydrogen-bond acceptors (Lipinski definition) is 6. The summed E-state index contributed by atoms with van der Waals surface area (Å²) in [4.78, 5) is 33.0. The van der Waals surface area contributed by atoms with Crippen LogP contribution in [0.2, 0.25) is 0 Å². The molecule has 4 aliphatic carbocycles. The lowest BCUT2D eigenvalue weighted by Gasteiger charge is -2.59. The predicted octanol–water partition coefficient (Wildman–Crippen LogP) is 5.07. The van der Waals surface area contributed by atoms with Crippen molar-refractivity contribution in [2.45, 2.75) is 90.2 Å². The molecule has 2 aromatic rings. The molecule has 1 heterocycles. The molecule has 9 nitrogen and oxygen atoms in total. The molecular weight excluding hydrogens is 534 g/mol. The number of hydrogen-bond donors (Lipinski definition) is 5. The summed E-state index contributed by atoms with van der Waals surface area (Å²) in [5.41, 5.74) is 3.28. The third-order valence-corrected chi connectivity index (χ3v) is 11.7. The Morgan fingerprint density at radius 3 is 2.69 bits per heavy atom. The Bertz CT molecular complexity index is 1460. The smallest absolute Gasteiger partial charge is 0.326 e. The fraction of sp³-hybridized carbons (Fsp3) is 0.606. The molecule has 6 rings (SSSR count). The first-order valence-electron chi connectivity index (χ1n) is 15.3. The predicted molar refractivity (Wildman–Crippen MR) is 159 cm³/mol. The highest BCUT2D eigenvalue weighted by Gasteiger charge is 2.62. The van der Waals surface area contributed by atoms with Crippen molar-refractivity contribution < 1.29 is 29.7 Å². The minimum Gasteiger partial charge on any atom is -0.508 e. The van der Waals surface area contributed by atoms with Gasteiger partial charge < -0.3 is 30.5 Å². The molecule has 0 bridgehead atoms. The first kappa shape index (κ1) is 28.8. The van der Waals surface area contributed by atoms with Crippen molar-refractivity contribution in [2.24, 2.45) is 33.7 Å². The number of aromatic hydroxyl groups is 1. The van der Waals surface area contributed by atoms with Gasteiger partial charge in [0.1, 0.15) is 11.8 Å². The van der Waals surface area contributed by atoms with Gasteiger partial charge in [0.25, 0.3) is 5.91 Å². The van der Waals surface area contributed by atoms with E-state index in [2.05, 4.69) is 35.4 Å². The number of carbonyl (C=O) groups is 2. The molecule has 226 valence electrons. The summed E-state index contributed by atoms with van der Waals surface area (Å²) in [6, 6.07) is 3.69. The molecule has 42 heavy (non-hydrogen) atoms. The first-order chi connectivity index (χ1) is 19.9. The molecule has 4 aliphatic rings. The number of phenols is 1. The highest BCUT2D eigenvalue weighted by atomic mass is 16.6. The number of aliphatic hydroxyl groups is 1. The van der Waals surface area contributed by atoms with Gasteiger partial charge in [0.05, 0.1) is 11.3 Å². The molecule has 5 N–H and O–H groups in total. The number of aliphatic carboxylic acids is 1. The zero-order valence-electron chi connectivity index (χ0n) is 24.8. The normalized spacial score (nSPS) is 35.6. The number of phenolic OH excluding ortho intramolecular Hbond substituents is 1. The van der Waals surface area contributed by atoms with Crippen LogP contribution >= 0.6 is 0 Å². The Morgan fingerprint density at radius 2 is 1.90 bits per heavy atom. The highest BCUT2D eigenvalue weighted by Crippen LogP contribution is 2.67. The van der Waals surface area contributed by atoms with Crippen LogP contribution in [-0.4, -0.2) is 56.1 Å². The minimum atomic E-state index is -1.15. The van der Waals surface area contributed by atoms with E-state index in [4.69, 9.17) is 4.84 Å². The summed E-state index contributed by atoms with van der Waals surface area (Å²) in [5, 5.41) is 38.2. The number of carboxylic acids is 1. The summed E-state index contributed by atoms with van der Waals surface area (Å²) >= 11 is 0. The number of rotatable bonds is 7.